The van der Waals surface area contributed by atoms with Crippen molar-refractivity contribution in [2.75, 3.05) is 13.6 Å². The van der Waals surface area contributed by atoms with Crippen LogP contribution in [0.3, 0.4) is 0 Å². The molecule has 2 atom stereocenters. The summed E-state index contributed by atoms with van der Waals surface area (Å²) in [5.74, 6) is -0.236. The second kappa shape index (κ2) is 8.45. The minimum absolute atomic E-state index is 0.0700. The van der Waals surface area contributed by atoms with Crippen LogP contribution >= 0.6 is 27.3 Å². The number of thiophene rings is 1. The molecule has 0 aliphatic carbocycles. The summed E-state index contributed by atoms with van der Waals surface area (Å²) in [6.07, 6.45) is 2.43. The zero-order chi connectivity index (χ0) is 18.7. The van der Waals surface area contributed by atoms with Gasteiger partial charge in [0.25, 0.3) is 10.0 Å². The summed E-state index contributed by atoms with van der Waals surface area (Å²) in [5.41, 5.74) is 7.34. The number of hydrogen-bond donors (Lipinski definition) is 2. The van der Waals surface area contributed by atoms with E-state index in [4.69, 9.17) is 0 Å². The first-order chi connectivity index (χ1) is 12.4. The number of halogens is 2. The van der Waals surface area contributed by atoms with Gasteiger partial charge in [-0.25, -0.2) is 17.1 Å². The van der Waals surface area contributed by atoms with Crippen LogP contribution in [0.5, 0.6) is 0 Å². The van der Waals surface area contributed by atoms with Gasteiger partial charge in [0, 0.05) is 25.7 Å². The first-order valence-corrected chi connectivity index (χ1v) is 11.4. The number of benzene rings is 1. The lowest BCUT2D eigenvalue weighted by Gasteiger charge is -2.17. The van der Waals surface area contributed by atoms with Crippen molar-refractivity contribution in [1.82, 2.24) is 15.2 Å². The van der Waals surface area contributed by atoms with Crippen molar-refractivity contribution in [3.05, 3.63) is 51.6 Å². The van der Waals surface area contributed by atoms with Gasteiger partial charge in [0.2, 0.25) is 0 Å². The third kappa shape index (κ3) is 4.71. The Hall–Kier alpha value is -0.840. The molecule has 1 saturated heterocycles. The van der Waals surface area contributed by atoms with Crippen LogP contribution < -0.4 is 10.9 Å². The molecule has 0 bridgehead atoms. The highest BCUT2D eigenvalue weighted by Gasteiger charge is 2.26. The van der Waals surface area contributed by atoms with Crippen LogP contribution in [0.1, 0.15) is 30.9 Å². The Balaban J connectivity index is 1.48. The Morgan fingerprint density at radius 1 is 1.31 bits per heavy atom. The molecule has 26 heavy (non-hydrogen) atoms. The van der Waals surface area contributed by atoms with Crippen molar-refractivity contribution in [3.8, 4) is 0 Å². The molecule has 1 aliphatic rings. The van der Waals surface area contributed by atoms with Gasteiger partial charge in [-0.15, -0.1) is 11.3 Å². The number of sulfonamides is 1. The van der Waals surface area contributed by atoms with Crippen molar-refractivity contribution in [2.24, 2.45) is 0 Å². The molecule has 3 rings (SSSR count). The predicted octanol–water partition coefficient (Wildman–Crippen LogP) is 3.66. The monoisotopic (exact) mass is 461 g/mol. The van der Waals surface area contributed by atoms with Crippen molar-refractivity contribution in [3.63, 3.8) is 0 Å². The molecule has 0 amide bonds. The molecule has 2 unspecified atom stereocenters. The fourth-order valence-electron chi connectivity index (χ4n) is 3.02. The van der Waals surface area contributed by atoms with Gasteiger partial charge in [0.15, 0.2) is 0 Å². The lowest BCUT2D eigenvalue weighted by Crippen LogP contribution is -2.32. The van der Waals surface area contributed by atoms with Crippen molar-refractivity contribution < 1.29 is 12.8 Å². The van der Waals surface area contributed by atoms with Gasteiger partial charge in [0.05, 0.1) is 3.79 Å². The summed E-state index contributed by atoms with van der Waals surface area (Å²) < 4.78 is 40.9. The summed E-state index contributed by atoms with van der Waals surface area (Å²) in [4.78, 5) is 0. The van der Waals surface area contributed by atoms with E-state index in [0.29, 0.717) is 10.8 Å². The summed E-state index contributed by atoms with van der Waals surface area (Å²) in [7, 11) is -1.82. The molecule has 1 aliphatic heterocycles. The fourth-order valence-corrected chi connectivity index (χ4v) is 6.45. The third-order valence-corrected chi connectivity index (χ3v) is 8.42. The Morgan fingerprint density at radius 3 is 2.81 bits per heavy atom. The maximum atomic E-state index is 13.3. The average molecular weight is 462 g/mol. The molecule has 1 aromatic carbocycles. The van der Waals surface area contributed by atoms with Gasteiger partial charge in [0.1, 0.15) is 10.0 Å². The predicted molar refractivity (Wildman–Crippen MR) is 105 cm³/mol. The van der Waals surface area contributed by atoms with Gasteiger partial charge in [-0.05, 0) is 65.0 Å². The van der Waals surface area contributed by atoms with E-state index in [1.54, 1.807) is 31.3 Å². The number of nitrogens with one attached hydrogen (secondary N) is 2. The average Bonchev–Trinajstić information content (AvgIpc) is 3.24. The van der Waals surface area contributed by atoms with E-state index in [1.165, 1.54) is 21.7 Å². The highest BCUT2D eigenvalue weighted by Crippen LogP contribution is 2.28. The Morgan fingerprint density at radius 2 is 2.12 bits per heavy atom. The molecule has 2 N–H and O–H groups in total. The molecule has 0 saturated carbocycles. The first kappa shape index (κ1) is 19.9. The van der Waals surface area contributed by atoms with Crippen LogP contribution in [0.25, 0.3) is 0 Å². The number of rotatable bonds is 7. The normalized spacial score (nSPS) is 20.8. The Kier molecular flexibility index (Phi) is 6.47. The van der Waals surface area contributed by atoms with Crippen LogP contribution in [0.2, 0.25) is 0 Å². The van der Waals surface area contributed by atoms with E-state index in [2.05, 4.69) is 26.8 Å². The molecule has 1 fully saturated rings. The summed E-state index contributed by atoms with van der Waals surface area (Å²) in [5, 5.41) is 0. The van der Waals surface area contributed by atoms with E-state index >= 15 is 0 Å². The van der Waals surface area contributed by atoms with E-state index in [9.17, 15) is 12.8 Å². The largest absolute Gasteiger partial charge is 0.254 e. The second-order valence-electron chi connectivity index (χ2n) is 6.36. The molecule has 2 heterocycles. The molecule has 5 nitrogen and oxygen atoms in total. The van der Waals surface area contributed by atoms with Gasteiger partial charge in [-0.2, -0.15) is 0 Å². The van der Waals surface area contributed by atoms with E-state index in [0.717, 1.165) is 28.6 Å². The van der Waals surface area contributed by atoms with Crippen LogP contribution in [0.15, 0.2) is 44.4 Å². The number of hydrazine groups is 1. The summed E-state index contributed by atoms with van der Waals surface area (Å²) >= 11 is 4.51. The standard InChI is InChI=1S/C17H21BrFN3O2S2/c1-22(26(23,24)17-8-7-16(18)25-17)9-3-6-14-11-15(21-20-14)12-4-2-5-13(19)10-12/h2,4-5,7-8,10,14-15,20-21H,3,6,9,11H2,1H3. The topological polar surface area (TPSA) is 61.4 Å². The maximum Gasteiger partial charge on any atom is 0.252 e. The SMILES string of the molecule is CN(CCCC1CC(c2cccc(F)c2)NN1)S(=O)(=O)c1ccc(Br)s1. The lowest BCUT2D eigenvalue weighted by atomic mass is 10.00. The van der Waals surface area contributed by atoms with Crippen LogP contribution in [0, 0.1) is 5.82 Å². The van der Waals surface area contributed by atoms with Gasteiger partial charge >= 0.3 is 0 Å². The Labute approximate surface area is 165 Å². The smallest absolute Gasteiger partial charge is 0.252 e. The molecule has 0 radical (unpaired) electrons. The molecular weight excluding hydrogens is 441 g/mol. The van der Waals surface area contributed by atoms with Crippen LogP contribution in [-0.4, -0.2) is 32.4 Å². The second-order valence-corrected chi connectivity index (χ2v) is 11.1. The molecule has 142 valence electrons. The maximum absolute atomic E-state index is 13.3. The molecule has 0 spiro atoms. The lowest BCUT2D eigenvalue weighted by molar-refractivity contribution is 0.429. The van der Waals surface area contributed by atoms with E-state index < -0.39 is 10.0 Å². The van der Waals surface area contributed by atoms with Gasteiger partial charge in [-0.1, -0.05) is 12.1 Å². The molecule has 9 heteroatoms. The Bertz CT molecular complexity index is 859. The third-order valence-electron chi connectivity index (χ3n) is 4.47. The molecule has 1 aromatic heterocycles. The molecule has 2 aromatic rings. The minimum atomic E-state index is -3.43. The van der Waals surface area contributed by atoms with Crippen molar-refractivity contribution >= 4 is 37.3 Å². The zero-order valence-corrected chi connectivity index (χ0v) is 17.5. The first-order valence-electron chi connectivity index (χ1n) is 8.34. The number of nitrogens with zero attached hydrogens (tertiary/aromatic N) is 1. The number of hydrogen-bond acceptors (Lipinski definition) is 5. The minimum Gasteiger partial charge on any atom is -0.254 e. The van der Waals surface area contributed by atoms with Crippen molar-refractivity contribution in [2.45, 2.75) is 35.6 Å². The quantitative estimate of drug-likeness (QED) is 0.660. The van der Waals surface area contributed by atoms with Gasteiger partial charge in [-0.3, -0.25) is 10.9 Å². The van der Waals surface area contributed by atoms with E-state index in [-0.39, 0.29) is 17.9 Å². The van der Waals surface area contributed by atoms with Crippen LogP contribution in [0.4, 0.5) is 4.39 Å². The van der Waals surface area contributed by atoms with Gasteiger partial charge < -0.3 is 0 Å². The highest BCUT2D eigenvalue weighted by atomic mass is 79.9. The van der Waals surface area contributed by atoms with E-state index in [1.807, 2.05) is 6.07 Å². The van der Waals surface area contributed by atoms with Crippen molar-refractivity contribution in [1.29, 1.82) is 0 Å². The summed E-state index contributed by atoms with van der Waals surface area (Å²) in [6.45, 7) is 0.459. The molecular formula is C17H21BrFN3O2S2. The zero-order valence-electron chi connectivity index (χ0n) is 14.3. The highest BCUT2D eigenvalue weighted by molar-refractivity contribution is 9.11. The van der Waals surface area contributed by atoms with Crippen LogP contribution in [-0.2, 0) is 10.0 Å². The fraction of sp³-hybridized carbons (Fsp3) is 0.412. The summed E-state index contributed by atoms with van der Waals surface area (Å²) in [6, 6.07) is 10.3.